The molecule has 1 aromatic heterocycles. The van der Waals surface area contributed by atoms with Gasteiger partial charge in [0.1, 0.15) is 5.82 Å². The molecule has 0 spiro atoms. The van der Waals surface area contributed by atoms with E-state index in [9.17, 15) is 9.18 Å². The van der Waals surface area contributed by atoms with Gasteiger partial charge in [-0.1, -0.05) is 35.2 Å². The number of aromatic nitrogens is 2. The molecule has 5 nitrogen and oxygen atoms in total. The molecule has 0 aliphatic heterocycles. The maximum Gasteiger partial charge on any atom is 0.233 e. The molecule has 0 unspecified atom stereocenters. The quantitative estimate of drug-likeness (QED) is 0.776. The molecule has 0 saturated heterocycles. The maximum atomic E-state index is 13.2. The number of hydrogen-bond acceptors (Lipinski definition) is 6. The van der Waals surface area contributed by atoms with Gasteiger partial charge in [-0.05, 0) is 30.5 Å². The van der Waals surface area contributed by atoms with Crippen LogP contribution in [0.3, 0.4) is 0 Å². The van der Waals surface area contributed by atoms with Crippen LogP contribution in [0.4, 0.5) is 9.52 Å². The van der Waals surface area contributed by atoms with Crippen LogP contribution in [-0.2, 0) is 11.3 Å². The molecule has 1 heterocycles. The summed E-state index contributed by atoms with van der Waals surface area (Å²) in [5.74, 6) is -0.0161. The summed E-state index contributed by atoms with van der Waals surface area (Å²) in [4.78, 5) is 13.7. The highest BCUT2D eigenvalue weighted by Gasteiger charge is 2.22. The Morgan fingerprint density at radius 3 is 3.04 bits per heavy atom. The number of rotatable bonds is 7. The van der Waals surface area contributed by atoms with E-state index in [4.69, 9.17) is 0 Å². The van der Waals surface area contributed by atoms with Crippen LogP contribution in [0, 0.1) is 5.82 Å². The third-order valence-corrected chi connectivity index (χ3v) is 5.34. The van der Waals surface area contributed by atoms with E-state index in [1.54, 1.807) is 24.1 Å². The first-order valence-corrected chi connectivity index (χ1v) is 9.11. The van der Waals surface area contributed by atoms with E-state index in [-0.39, 0.29) is 11.7 Å². The number of nitrogens with one attached hydrogen (secondary N) is 1. The zero-order valence-corrected chi connectivity index (χ0v) is 14.3. The van der Waals surface area contributed by atoms with E-state index in [2.05, 4.69) is 15.5 Å². The van der Waals surface area contributed by atoms with Crippen molar-refractivity contribution in [3.8, 4) is 0 Å². The van der Waals surface area contributed by atoms with E-state index in [1.165, 1.54) is 48.1 Å². The summed E-state index contributed by atoms with van der Waals surface area (Å²) in [6.45, 7) is 0.391. The molecule has 2 aromatic rings. The summed E-state index contributed by atoms with van der Waals surface area (Å²) in [5, 5.41) is 12.2. The van der Waals surface area contributed by atoms with Crippen molar-refractivity contribution in [2.45, 2.75) is 29.8 Å². The van der Waals surface area contributed by atoms with Crippen molar-refractivity contribution >= 4 is 34.1 Å². The van der Waals surface area contributed by atoms with Crippen LogP contribution in [0.2, 0.25) is 0 Å². The predicted molar refractivity (Wildman–Crippen MR) is 90.2 cm³/mol. The fraction of sp³-hybridized carbons (Fsp3) is 0.400. The molecule has 0 bridgehead atoms. The first kappa shape index (κ1) is 16.2. The van der Waals surface area contributed by atoms with Crippen LogP contribution in [0.1, 0.15) is 18.4 Å². The van der Waals surface area contributed by atoms with Gasteiger partial charge in [0.05, 0.1) is 5.75 Å². The van der Waals surface area contributed by atoms with Gasteiger partial charge >= 0.3 is 0 Å². The SMILES string of the molecule is CN(Cc1cccc(F)c1)C(=O)CSc1nnc(NC2CC2)s1. The van der Waals surface area contributed by atoms with Gasteiger partial charge in [-0.3, -0.25) is 4.79 Å². The number of hydrogen-bond donors (Lipinski definition) is 1. The summed E-state index contributed by atoms with van der Waals surface area (Å²) in [6.07, 6.45) is 2.37. The first-order chi connectivity index (χ1) is 11.1. The largest absolute Gasteiger partial charge is 0.357 e. The number of benzene rings is 1. The van der Waals surface area contributed by atoms with Crippen LogP contribution in [0.5, 0.6) is 0 Å². The second kappa shape index (κ2) is 7.27. The molecule has 8 heteroatoms. The Hall–Kier alpha value is -1.67. The van der Waals surface area contributed by atoms with Crippen LogP contribution < -0.4 is 5.32 Å². The van der Waals surface area contributed by atoms with Crippen molar-refractivity contribution < 1.29 is 9.18 Å². The van der Waals surface area contributed by atoms with Gasteiger partial charge in [-0.2, -0.15) is 0 Å². The van der Waals surface area contributed by atoms with Crippen molar-refractivity contribution in [1.29, 1.82) is 0 Å². The second-order valence-corrected chi connectivity index (χ2v) is 7.66. The number of halogens is 1. The Balaban J connectivity index is 1.47. The topological polar surface area (TPSA) is 58.1 Å². The highest BCUT2D eigenvalue weighted by Crippen LogP contribution is 2.30. The van der Waals surface area contributed by atoms with Gasteiger partial charge in [0.25, 0.3) is 0 Å². The van der Waals surface area contributed by atoms with Crippen molar-refractivity contribution in [3.05, 3.63) is 35.6 Å². The molecule has 3 rings (SSSR count). The van der Waals surface area contributed by atoms with Crippen molar-refractivity contribution in [3.63, 3.8) is 0 Å². The maximum absolute atomic E-state index is 13.2. The van der Waals surface area contributed by atoms with Crippen LogP contribution >= 0.6 is 23.1 Å². The number of carbonyl (C=O) groups is 1. The summed E-state index contributed by atoms with van der Waals surface area (Å²) < 4.78 is 13.9. The molecule has 1 fully saturated rings. The molecule has 1 N–H and O–H groups in total. The minimum absolute atomic E-state index is 0.0221. The number of carbonyl (C=O) groups excluding carboxylic acids is 1. The standard InChI is InChI=1S/C15H17FN4OS2/c1-20(8-10-3-2-4-11(16)7-10)13(21)9-22-15-19-18-14(23-15)17-12-5-6-12/h2-4,7,12H,5-6,8-9H2,1H3,(H,17,18). The van der Waals surface area contributed by atoms with Gasteiger partial charge in [0.2, 0.25) is 11.0 Å². The average Bonchev–Trinajstić information content (AvgIpc) is 3.21. The molecule has 1 aromatic carbocycles. The molecule has 1 saturated carbocycles. The lowest BCUT2D eigenvalue weighted by Gasteiger charge is -2.16. The third kappa shape index (κ3) is 4.90. The Kier molecular flexibility index (Phi) is 5.12. The average molecular weight is 352 g/mol. The number of nitrogens with zero attached hydrogens (tertiary/aromatic N) is 3. The summed E-state index contributed by atoms with van der Waals surface area (Å²) in [5.41, 5.74) is 0.776. The Morgan fingerprint density at radius 2 is 2.30 bits per heavy atom. The first-order valence-electron chi connectivity index (χ1n) is 7.31. The van der Waals surface area contributed by atoms with E-state index >= 15 is 0 Å². The van der Waals surface area contributed by atoms with E-state index in [0.717, 1.165) is 15.0 Å². The Labute approximate surface area is 142 Å². The van der Waals surface area contributed by atoms with E-state index in [1.807, 2.05) is 0 Å². The zero-order chi connectivity index (χ0) is 16.2. The van der Waals surface area contributed by atoms with E-state index < -0.39 is 0 Å². The second-order valence-electron chi connectivity index (χ2n) is 5.46. The van der Waals surface area contributed by atoms with Crippen molar-refractivity contribution in [2.75, 3.05) is 18.1 Å². The molecule has 1 aliphatic rings. The minimum atomic E-state index is -0.290. The Morgan fingerprint density at radius 1 is 1.48 bits per heavy atom. The smallest absolute Gasteiger partial charge is 0.233 e. The minimum Gasteiger partial charge on any atom is -0.357 e. The number of anilines is 1. The highest BCUT2D eigenvalue weighted by atomic mass is 32.2. The van der Waals surface area contributed by atoms with Gasteiger partial charge in [0, 0.05) is 19.6 Å². The fourth-order valence-corrected chi connectivity index (χ4v) is 3.73. The molecular weight excluding hydrogens is 335 g/mol. The highest BCUT2D eigenvalue weighted by molar-refractivity contribution is 8.01. The van der Waals surface area contributed by atoms with Gasteiger partial charge in [-0.15, -0.1) is 10.2 Å². The van der Waals surface area contributed by atoms with Crippen LogP contribution in [0.15, 0.2) is 28.6 Å². The molecule has 0 atom stereocenters. The number of amides is 1. The summed E-state index contributed by atoms with van der Waals surface area (Å²) >= 11 is 2.85. The lowest BCUT2D eigenvalue weighted by molar-refractivity contribution is -0.127. The van der Waals surface area contributed by atoms with Crippen LogP contribution in [-0.4, -0.2) is 39.8 Å². The van der Waals surface area contributed by atoms with Crippen LogP contribution in [0.25, 0.3) is 0 Å². The molecule has 122 valence electrons. The molecule has 23 heavy (non-hydrogen) atoms. The fourth-order valence-electron chi connectivity index (χ4n) is 1.96. The van der Waals surface area contributed by atoms with E-state index in [0.29, 0.717) is 18.3 Å². The van der Waals surface area contributed by atoms with Crippen molar-refractivity contribution in [2.24, 2.45) is 0 Å². The normalized spacial score (nSPS) is 13.8. The summed E-state index contributed by atoms with van der Waals surface area (Å²) in [7, 11) is 1.72. The monoisotopic (exact) mass is 352 g/mol. The zero-order valence-electron chi connectivity index (χ0n) is 12.7. The Bertz CT molecular complexity index is 690. The lowest BCUT2D eigenvalue weighted by Crippen LogP contribution is -2.27. The predicted octanol–water partition coefficient (Wildman–Crippen LogP) is 3.00. The molecular formula is C15H17FN4OS2. The number of thioether (sulfide) groups is 1. The molecule has 1 amide bonds. The van der Waals surface area contributed by atoms with Gasteiger partial charge < -0.3 is 10.2 Å². The molecule has 0 radical (unpaired) electrons. The summed E-state index contributed by atoms with van der Waals surface area (Å²) in [6, 6.07) is 6.83. The van der Waals surface area contributed by atoms with Crippen molar-refractivity contribution in [1.82, 2.24) is 15.1 Å². The van der Waals surface area contributed by atoms with Gasteiger partial charge in [-0.25, -0.2) is 4.39 Å². The van der Waals surface area contributed by atoms with Gasteiger partial charge in [0.15, 0.2) is 4.34 Å². The third-order valence-electron chi connectivity index (χ3n) is 3.37. The molecule has 1 aliphatic carbocycles. The lowest BCUT2D eigenvalue weighted by atomic mass is 10.2.